The number of nitrogen functional groups attached to an aromatic ring is 1. The first kappa shape index (κ1) is 15.9. The van der Waals surface area contributed by atoms with E-state index in [-0.39, 0.29) is 6.61 Å². The number of ether oxygens (including phenoxy) is 1. The van der Waals surface area contributed by atoms with Gasteiger partial charge in [-0.2, -0.15) is 4.98 Å². The molecule has 0 bridgehead atoms. The van der Waals surface area contributed by atoms with Gasteiger partial charge in [0.1, 0.15) is 5.82 Å². The number of aromatic nitrogens is 1. The molecule has 1 fully saturated rings. The Hall–Kier alpha value is -1.49. The zero-order valence-electron chi connectivity index (χ0n) is 13.1. The van der Waals surface area contributed by atoms with Crippen molar-refractivity contribution in [2.24, 2.45) is 5.92 Å². The molecule has 0 aliphatic heterocycles. The third kappa shape index (κ3) is 4.24. The number of rotatable bonds is 7. The van der Waals surface area contributed by atoms with E-state index in [2.05, 4.69) is 23.7 Å². The Kier molecular flexibility index (Phi) is 5.67. The van der Waals surface area contributed by atoms with E-state index >= 15 is 0 Å². The summed E-state index contributed by atoms with van der Waals surface area (Å²) in [4.78, 5) is 6.76. The maximum atomic E-state index is 9.33. The van der Waals surface area contributed by atoms with E-state index in [0.29, 0.717) is 36.7 Å². The molecule has 1 aliphatic rings. The van der Waals surface area contributed by atoms with Gasteiger partial charge in [0.05, 0.1) is 18.9 Å². The van der Waals surface area contributed by atoms with Crippen LogP contribution in [0.3, 0.4) is 0 Å². The van der Waals surface area contributed by atoms with Crippen molar-refractivity contribution in [2.75, 3.05) is 30.4 Å². The van der Waals surface area contributed by atoms with Crippen LogP contribution in [0.4, 0.5) is 11.5 Å². The molecule has 0 amide bonds. The quantitative estimate of drug-likeness (QED) is 0.808. The molecule has 1 saturated carbocycles. The van der Waals surface area contributed by atoms with Gasteiger partial charge in [-0.25, -0.2) is 0 Å². The largest absolute Gasteiger partial charge is 0.476 e. The summed E-state index contributed by atoms with van der Waals surface area (Å²) in [6.45, 7) is 5.52. The van der Waals surface area contributed by atoms with Gasteiger partial charge in [-0.3, -0.25) is 0 Å². The van der Waals surface area contributed by atoms with Crippen molar-refractivity contribution in [1.29, 1.82) is 0 Å². The lowest BCUT2D eigenvalue weighted by atomic mass is 10.2. The van der Waals surface area contributed by atoms with Gasteiger partial charge in [0.25, 0.3) is 0 Å². The molecule has 2 rings (SSSR count). The molecule has 5 heteroatoms. The molecule has 5 nitrogen and oxygen atoms in total. The molecule has 3 N–H and O–H groups in total. The molecule has 1 aromatic rings. The summed E-state index contributed by atoms with van der Waals surface area (Å²) < 4.78 is 5.70. The minimum absolute atomic E-state index is 0.130. The van der Waals surface area contributed by atoms with Gasteiger partial charge in [-0.05, 0) is 30.9 Å². The highest BCUT2D eigenvalue weighted by atomic mass is 16.5. The number of pyridine rings is 1. The Morgan fingerprint density at radius 3 is 2.71 bits per heavy atom. The fraction of sp³-hybridized carbons (Fsp3) is 0.688. The first-order chi connectivity index (χ1) is 10.1. The third-order valence-corrected chi connectivity index (χ3v) is 3.83. The van der Waals surface area contributed by atoms with Gasteiger partial charge in [0.2, 0.25) is 5.88 Å². The molecular formula is C16H27N3O2. The van der Waals surface area contributed by atoms with Crippen molar-refractivity contribution in [1.82, 2.24) is 4.98 Å². The first-order valence-electron chi connectivity index (χ1n) is 7.88. The highest BCUT2D eigenvalue weighted by Crippen LogP contribution is 2.30. The predicted molar refractivity (Wildman–Crippen MR) is 85.7 cm³/mol. The summed E-state index contributed by atoms with van der Waals surface area (Å²) in [6.07, 6.45) is 4.82. The highest BCUT2D eigenvalue weighted by Gasteiger charge is 2.24. The van der Waals surface area contributed by atoms with Crippen LogP contribution in [-0.2, 0) is 0 Å². The van der Waals surface area contributed by atoms with Crippen LogP contribution in [0.1, 0.15) is 39.5 Å². The summed E-state index contributed by atoms with van der Waals surface area (Å²) in [7, 11) is 0. The number of hydrogen-bond acceptors (Lipinski definition) is 5. The maximum Gasteiger partial charge on any atom is 0.239 e. The van der Waals surface area contributed by atoms with Crippen molar-refractivity contribution in [3.8, 4) is 5.88 Å². The van der Waals surface area contributed by atoms with E-state index in [1.807, 2.05) is 12.1 Å². The Labute approximate surface area is 127 Å². The minimum Gasteiger partial charge on any atom is -0.476 e. The monoisotopic (exact) mass is 293 g/mol. The Balaban J connectivity index is 2.17. The molecule has 0 saturated heterocycles. The van der Waals surface area contributed by atoms with Crippen LogP contribution >= 0.6 is 0 Å². The van der Waals surface area contributed by atoms with Gasteiger partial charge in [0.15, 0.2) is 0 Å². The molecule has 1 heterocycles. The van der Waals surface area contributed by atoms with Crippen molar-refractivity contribution >= 4 is 11.5 Å². The lowest BCUT2D eigenvalue weighted by Gasteiger charge is -2.29. The van der Waals surface area contributed by atoms with Crippen LogP contribution in [0.15, 0.2) is 12.1 Å². The van der Waals surface area contributed by atoms with Crippen LogP contribution in [0.5, 0.6) is 5.88 Å². The van der Waals surface area contributed by atoms with E-state index in [9.17, 15) is 5.11 Å². The minimum atomic E-state index is 0.130. The number of nitrogens with two attached hydrogens (primary N) is 1. The van der Waals surface area contributed by atoms with E-state index in [0.717, 1.165) is 18.7 Å². The van der Waals surface area contributed by atoms with E-state index < -0.39 is 0 Å². The lowest BCUT2D eigenvalue weighted by Crippen LogP contribution is -2.36. The Morgan fingerprint density at radius 1 is 1.38 bits per heavy atom. The SMILES string of the molecule is CC(C)COc1nc(N(CCO)C2CCCC2)ccc1N. The molecule has 21 heavy (non-hydrogen) atoms. The summed E-state index contributed by atoms with van der Waals surface area (Å²) in [6, 6.07) is 4.23. The van der Waals surface area contributed by atoms with E-state index in [1.54, 1.807) is 0 Å². The number of aliphatic hydroxyl groups is 1. The van der Waals surface area contributed by atoms with E-state index in [4.69, 9.17) is 10.5 Å². The van der Waals surface area contributed by atoms with E-state index in [1.165, 1.54) is 12.8 Å². The molecule has 0 radical (unpaired) electrons. The van der Waals surface area contributed by atoms with Crippen LogP contribution < -0.4 is 15.4 Å². The summed E-state index contributed by atoms with van der Waals surface area (Å²) >= 11 is 0. The Morgan fingerprint density at radius 2 is 2.10 bits per heavy atom. The summed E-state index contributed by atoms with van der Waals surface area (Å²) in [5.74, 6) is 1.78. The third-order valence-electron chi connectivity index (χ3n) is 3.83. The van der Waals surface area contributed by atoms with Crippen molar-refractivity contribution in [2.45, 2.75) is 45.6 Å². The molecular weight excluding hydrogens is 266 g/mol. The first-order valence-corrected chi connectivity index (χ1v) is 7.88. The van der Waals surface area contributed by atoms with Crippen LogP contribution in [0.25, 0.3) is 0 Å². The second kappa shape index (κ2) is 7.50. The standard InChI is InChI=1S/C16H27N3O2/c1-12(2)11-21-16-14(17)7-8-15(18-16)19(9-10-20)13-5-3-4-6-13/h7-8,12-13,20H,3-6,9-11,17H2,1-2H3. The number of nitrogens with zero attached hydrogens (tertiary/aromatic N) is 2. The summed E-state index contributed by atoms with van der Waals surface area (Å²) in [5.41, 5.74) is 6.51. The van der Waals surface area contributed by atoms with Gasteiger partial charge < -0.3 is 20.5 Å². The zero-order chi connectivity index (χ0) is 15.2. The summed E-state index contributed by atoms with van der Waals surface area (Å²) in [5, 5.41) is 9.33. The van der Waals surface area contributed by atoms with Gasteiger partial charge in [-0.15, -0.1) is 0 Å². The molecule has 1 aliphatic carbocycles. The molecule has 0 unspecified atom stereocenters. The lowest BCUT2D eigenvalue weighted by molar-refractivity contribution is 0.262. The topological polar surface area (TPSA) is 71.6 Å². The van der Waals surface area contributed by atoms with Crippen LogP contribution in [0.2, 0.25) is 0 Å². The number of anilines is 2. The molecule has 0 spiro atoms. The van der Waals surface area contributed by atoms with Crippen LogP contribution in [0, 0.1) is 5.92 Å². The molecule has 118 valence electrons. The van der Waals surface area contributed by atoms with Gasteiger partial charge in [0, 0.05) is 12.6 Å². The fourth-order valence-electron chi connectivity index (χ4n) is 2.77. The maximum absolute atomic E-state index is 9.33. The van der Waals surface area contributed by atoms with Crippen molar-refractivity contribution < 1.29 is 9.84 Å². The zero-order valence-corrected chi connectivity index (χ0v) is 13.1. The predicted octanol–water partition coefficient (Wildman–Crippen LogP) is 2.44. The highest BCUT2D eigenvalue weighted by molar-refractivity contribution is 5.55. The molecule has 0 atom stereocenters. The molecule has 0 aromatic carbocycles. The average Bonchev–Trinajstić information content (AvgIpc) is 2.98. The second-order valence-corrected chi connectivity index (χ2v) is 6.12. The van der Waals surface area contributed by atoms with Crippen molar-refractivity contribution in [3.05, 3.63) is 12.1 Å². The smallest absolute Gasteiger partial charge is 0.239 e. The average molecular weight is 293 g/mol. The van der Waals surface area contributed by atoms with Gasteiger partial charge in [-0.1, -0.05) is 26.7 Å². The van der Waals surface area contributed by atoms with Gasteiger partial charge >= 0.3 is 0 Å². The second-order valence-electron chi connectivity index (χ2n) is 6.12. The normalized spacial score (nSPS) is 15.6. The molecule has 1 aromatic heterocycles. The number of aliphatic hydroxyl groups excluding tert-OH is 1. The Bertz CT molecular complexity index is 445. The van der Waals surface area contributed by atoms with Crippen molar-refractivity contribution in [3.63, 3.8) is 0 Å². The van der Waals surface area contributed by atoms with Crippen LogP contribution in [-0.4, -0.2) is 35.9 Å². The number of hydrogen-bond donors (Lipinski definition) is 2. The fourth-order valence-corrected chi connectivity index (χ4v) is 2.77.